The highest BCUT2D eigenvalue weighted by atomic mass is 127. The van der Waals surface area contributed by atoms with Crippen LogP contribution in [0.15, 0.2) is 24.3 Å². The molecule has 104 valence electrons. The first-order valence-corrected chi connectivity index (χ1v) is 7.79. The van der Waals surface area contributed by atoms with E-state index in [0.717, 1.165) is 30.3 Å². The molecule has 19 heavy (non-hydrogen) atoms. The van der Waals surface area contributed by atoms with Crippen molar-refractivity contribution in [1.82, 2.24) is 4.90 Å². The third-order valence-corrected chi connectivity index (χ3v) is 4.73. The largest absolute Gasteiger partial charge is 0.481 e. The number of hydrogen-bond acceptors (Lipinski definition) is 3. The standard InChI is InChI=1S/C13H16ClIN2O2/c14-10-3-1-2-4-11(10)17-8-7-16(12(15)9-17)6-5-13(18)19/h1-4,12H,5-9H2,(H,18,19). The summed E-state index contributed by atoms with van der Waals surface area (Å²) in [5, 5.41) is 9.51. The number of carboxylic acids is 1. The van der Waals surface area contributed by atoms with E-state index in [4.69, 9.17) is 16.7 Å². The molecule has 0 bridgehead atoms. The van der Waals surface area contributed by atoms with Gasteiger partial charge in [0.25, 0.3) is 0 Å². The van der Waals surface area contributed by atoms with Crippen LogP contribution < -0.4 is 4.90 Å². The highest BCUT2D eigenvalue weighted by molar-refractivity contribution is 14.1. The molecule has 1 aliphatic heterocycles. The molecule has 0 amide bonds. The number of carbonyl (C=O) groups is 1. The van der Waals surface area contributed by atoms with Crippen LogP contribution in [0.3, 0.4) is 0 Å². The minimum absolute atomic E-state index is 0.200. The van der Waals surface area contributed by atoms with E-state index in [1.807, 2.05) is 24.3 Å². The van der Waals surface area contributed by atoms with Crippen molar-refractivity contribution < 1.29 is 9.90 Å². The normalized spacial score (nSPS) is 20.5. The van der Waals surface area contributed by atoms with Gasteiger partial charge in [-0.25, -0.2) is 0 Å². The van der Waals surface area contributed by atoms with E-state index in [2.05, 4.69) is 32.4 Å². The summed E-state index contributed by atoms with van der Waals surface area (Å²) in [5.74, 6) is -0.739. The van der Waals surface area contributed by atoms with Crippen LogP contribution in [0.2, 0.25) is 5.02 Å². The SMILES string of the molecule is O=C(O)CCN1CCN(c2ccccc2Cl)CC1I. The Kier molecular flexibility index (Phi) is 5.29. The Morgan fingerprint density at radius 3 is 2.79 bits per heavy atom. The number of hydrogen-bond donors (Lipinski definition) is 1. The molecule has 1 unspecified atom stereocenters. The Morgan fingerprint density at radius 1 is 1.42 bits per heavy atom. The zero-order valence-corrected chi connectivity index (χ0v) is 13.3. The number of alkyl halides is 1. The Hall–Kier alpha value is -0.530. The van der Waals surface area contributed by atoms with Gasteiger partial charge >= 0.3 is 5.97 Å². The van der Waals surface area contributed by atoms with E-state index in [9.17, 15) is 4.79 Å². The molecule has 1 saturated heterocycles. The van der Waals surface area contributed by atoms with Gasteiger partial charge in [0.15, 0.2) is 0 Å². The Balaban J connectivity index is 1.96. The number of halogens is 2. The Bertz CT molecular complexity index is 458. The monoisotopic (exact) mass is 394 g/mol. The van der Waals surface area contributed by atoms with Crippen molar-refractivity contribution >= 4 is 45.8 Å². The van der Waals surface area contributed by atoms with E-state index < -0.39 is 5.97 Å². The van der Waals surface area contributed by atoms with Crippen molar-refractivity contribution in [2.75, 3.05) is 31.1 Å². The summed E-state index contributed by atoms with van der Waals surface area (Å²) >= 11 is 8.58. The first-order chi connectivity index (χ1) is 9.08. The fraction of sp³-hybridized carbons (Fsp3) is 0.462. The van der Waals surface area contributed by atoms with Crippen LogP contribution >= 0.6 is 34.2 Å². The predicted octanol–water partition coefficient (Wildman–Crippen LogP) is 2.70. The summed E-state index contributed by atoms with van der Waals surface area (Å²) in [5.41, 5.74) is 1.06. The topological polar surface area (TPSA) is 43.8 Å². The summed E-state index contributed by atoms with van der Waals surface area (Å²) in [6.45, 7) is 3.22. The second-order valence-electron chi connectivity index (χ2n) is 4.51. The number of benzene rings is 1. The van der Waals surface area contributed by atoms with Crippen LogP contribution in [0, 0.1) is 0 Å². The third kappa shape index (κ3) is 3.97. The molecular formula is C13H16ClIN2O2. The van der Waals surface area contributed by atoms with Crippen molar-refractivity contribution in [1.29, 1.82) is 0 Å². The van der Waals surface area contributed by atoms with Gasteiger partial charge in [-0.2, -0.15) is 0 Å². The Morgan fingerprint density at radius 2 is 2.16 bits per heavy atom. The number of nitrogens with zero attached hydrogens (tertiary/aromatic N) is 2. The van der Waals surface area contributed by atoms with Crippen molar-refractivity contribution in [3.63, 3.8) is 0 Å². The van der Waals surface area contributed by atoms with Gasteiger partial charge in [0.05, 0.1) is 21.2 Å². The van der Waals surface area contributed by atoms with Gasteiger partial charge in [-0.3, -0.25) is 9.69 Å². The number of piperazine rings is 1. The number of anilines is 1. The van der Waals surface area contributed by atoms with Crippen LogP contribution in [0.1, 0.15) is 6.42 Å². The number of aliphatic carboxylic acids is 1. The summed E-state index contributed by atoms with van der Waals surface area (Å²) in [4.78, 5) is 15.1. The molecule has 1 heterocycles. The van der Waals surface area contributed by atoms with Gasteiger partial charge in [0.2, 0.25) is 0 Å². The lowest BCUT2D eigenvalue weighted by Gasteiger charge is -2.40. The molecule has 1 fully saturated rings. The van der Waals surface area contributed by atoms with E-state index >= 15 is 0 Å². The van der Waals surface area contributed by atoms with Gasteiger partial charge in [0, 0.05) is 26.2 Å². The molecule has 0 aromatic heterocycles. The molecule has 0 radical (unpaired) electrons. The molecule has 0 saturated carbocycles. The lowest BCUT2D eigenvalue weighted by molar-refractivity contribution is -0.137. The maximum atomic E-state index is 10.6. The first kappa shape index (κ1) is 14.9. The molecule has 1 aliphatic rings. The van der Waals surface area contributed by atoms with E-state index in [1.165, 1.54) is 0 Å². The smallest absolute Gasteiger partial charge is 0.304 e. The van der Waals surface area contributed by atoms with Crippen LogP contribution in [0.25, 0.3) is 0 Å². The minimum Gasteiger partial charge on any atom is -0.481 e. The summed E-state index contributed by atoms with van der Waals surface area (Å²) in [6, 6.07) is 7.84. The Labute approximate surface area is 131 Å². The molecule has 2 rings (SSSR count). The van der Waals surface area contributed by atoms with Crippen LogP contribution in [-0.2, 0) is 4.79 Å². The van der Waals surface area contributed by atoms with Gasteiger partial charge in [0.1, 0.15) is 0 Å². The number of rotatable bonds is 4. The average Bonchev–Trinajstić information content (AvgIpc) is 2.37. The van der Waals surface area contributed by atoms with Crippen molar-refractivity contribution in [3.8, 4) is 0 Å². The van der Waals surface area contributed by atoms with Crippen LogP contribution in [0.4, 0.5) is 5.69 Å². The quantitative estimate of drug-likeness (QED) is 0.484. The summed E-state index contributed by atoms with van der Waals surface area (Å²) < 4.78 is 0.307. The van der Waals surface area contributed by atoms with E-state index in [0.29, 0.717) is 10.6 Å². The van der Waals surface area contributed by atoms with E-state index in [-0.39, 0.29) is 6.42 Å². The van der Waals surface area contributed by atoms with Crippen molar-refractivity contribution in [2.45, 2.75) is 10.5 Å². The maximum Gasteiger partial charge on any atom is 0.304 e. The van der Waals surface area contributed by atoms with Crippen LogP contribution in [0.5, 0.6) is 0 Å². The fourth-order valence-corrected chi connectivity index (χ4v) is 3.48. The molecule has 0 aliphatic carbocycles. The molecule has 1 N–H and O–H groups in total. The lowest BCUT2D eigenvalue weighted by Crippen LogP contribution is -2.51. The molecule has 1 aromatic carbocycles. The minimum atomic E-state index is -0.739. The molecule has 1 atom stereocenters. The molecule has 6 heteroatoms. The number of para-hydroxylation sites is 1. The highest BCUT2D eigenvalue weighted by Gasteiger charge is 2.25. The first-order valence-electron chi connectivity index (χ1n) is 6.17. The van der Waals surface area contributed by atoms with Crippen molar-refractivity contribution in [2.24, 2.45) is 0 Å². The predicted molar refractivity (Wildman–Crippen MR) is 85.3 cm³/mol. The second-order valence-corrected chi connectivity index (χ2v) is 6.36. The summed E-state index contributed by atoms with van der Waals surface area (Å²) in [6.07, 6.45) is 0.200. The number of carboxylic acid groups (broad SMARTS) is 1. The van der Waals surface area contributed by atoms with Gasteiger partial charge in [-0.1, -0.05) is 46.3 Å². The zero-order valence-electron chi connectivity index (χ0n) is 10.4. The zero-order chi connectivity index (χ0) is 13.8. The molecular weight excluding hydrogens is 379 g/mol. The van der Waals surface area contributed by atoms with E-state index in [1.54, 1.807) is 0 Å². The maximum absolute atomic E-state index is 10.6. The van der Waals surface area contributed by atoms with Gasteiger partial charge in [-0.15, -0.1) is 0 Å². The average molecular weight is 395 g/mol. The summed E-state index contributed by atoms with van der Waals surface area (Å²) in [7, 11) is 0. The molecule has 0 spiro atoms. The van der Waals surface area contributed by atoms with Crippen molar-refractivity contribution in [3.05, 3.63) is 29.3 Å². The van der Waals surface area contributed by atoms with Crippen LogP contribution in [-0.4, -0.2) is 46.2 Å². The lowest BCUT2D eigenvalue weighted by atomic mass is 10.2. The third-order valence-electron chi connectivity index (χ3n) is 3.23. The second kappa shape index (κ2) is 6.76. The highest BCUT2D eigenvalue weighted by Crippen LogP contribution is 2.28. The van der Waals surface area contributed by atoms with Gasteiger partial charge < -0.3 is 10.0 Å². The molecule has 4 nitrogen and oxygen atoms in total. The fourth-order valence-electron chi connectivity index (χ4n) is 2.20. The molecule has 1 aromatic rings. The van der Waals surface area contributed by atoms with Gasteiger partial charge in [-0.05, 0) is 12.1 Å².